The number of likely N-dealkylation sites (tertiary alicyclic amines) is 1. The van der Waals surface area contributed by atoms with Crippen molar-refractivity contribution in [2.24, 2.45) is 0 Å². The number of ether oxygens (including phenoxy) is 3. The zero-order valence-corrected chi connectivity index (χ0v) is 13.0. The molecule has 1 aromatic rings. The molecule has 1 aliphatic carbocycles. The molecule has 1 aromatic carbocycles. The topological polar surface area (TPSA) is 51.2 Å². The maximum Gasteiger partial charge on any atom is 0.165 e. The fourth-order valence-electron chi connectivity index (χ4n) is 3.73. The Morgan fingerprint density at radius 2 is 2.00 bits per heavy atom. The van der Waals surface area contributed by atoms with Crippen LogP contribution in [0, 0.1) is 0 Å². The van der Waals surface area contributed by atoms with Gasteiger partial charge < -0.3 is 19.3 Å². The summed E-state index contributed by atoms with van der Waals surface area (Å²) in [4.78, 5) is 2.39. The van der Waals surface area contributed by atoms with E-state index in [4.69, 9.17) is 14.2 Å². The number of methoxy groups -OCH3 is 1. The Kier molecular flexibility index (Phi) is 3.42. The molecular formula is C17H23NO4. The standard InChI is InChI=1S/C17H23NO4/c1-20-13-10-15-14(21-7-8-22-15)9-12(13)11-18-6-2-3-16(18)17(19)4-5-17/h9-10,16,19H,2-8,11H2,1H3. The first-order valence-corrected chi connectivity index (χ1v) is 8.12. The Labute approximate surface area is 130 Å². The zero-order chi connectivity index (χ0) is 15.2. The van der Waals surface area contributed by atoms with Gasteiger partial charge in [0.2, 0.25) is 0 Å². The molecule has 1 unspecified atom stereocenters. The van der Waals surface area contributed by atoms with Crippen LogP contribution in [-0.2, 0) is 6.54 Å². The largest absolute Gasteiger partial charge is 0.496 e. The van der Waals surface area contributed by atoms with Crippen molar-refractivity contribution in [3.63, 3.8) is 0 Å². The third-order valence-corrected chi connectivity index (χ3v) is 5.06. The van der Waals surface area contributed by atoms with E-state index in [1.807, 2.05) is 12.1 Å². The summed E-state index contributed by atoms with van der Waals surface area (Å²) in [7, 11) is 1.69. The molecule has 120 valence electrons. The quantitative estimate of drug-likeness (QED) is 0.921. The molecule has 22 heavy (non-hydrogen) atoms. The van der Waals surface area contributed by atoms with Gasteiger partial charge in [-0.05, 0) is 38.3 Å². The van der Waals surface area contributed by atoms with Crippen LogP contribution in [0.3, 0.4) is 0 Å². The molecule has 1 atom stereocenters. The van der Waals surface area contributed by atoms with Crippen molar-refractivity contribution in [2.45, 2.75) is 43.9 Å². The van der Waals surface area contributed by atoms with Crippen LogP contribution in [0.5, 0.6) is 17.2 Å². The third-order valence-electron chi connectivity index (χ3n) is 5.06. The molecule has 0 spiro atoms. The van der Waals surface area contributed by atoms with E-state index < -0.39 is 5.60 Å². The van der Waals surface area contributed by atoms with Crippen LogP contribution < -0.4 is 14.2 Å². The van der Waals surface area contributed by atoms with Gasteiger partial charge in [-0.25, -0.2) is 0 Å². The normalized spacial score (nSPS) is 26.0. The fourth-order valence-corrected chi connectivity index (χ4v) is 3.73. The number of hydrogen-bond acceptors (Lipinski definition) is 5. The van der Waals surface area contributed by atoms with Gasteiger partial charge in [0.25, 0.3) is 0 Å². The Bertz CT molecular complexity index is 570. The minimum atomic E-state index is -0.447. The molecule has 0 bridgehead atoms. The van der Waals surface area contributed by atoms with E-state index in [9.17, 15) is 5.11 Å². The summed E-state index contributed by atoms with van der Waals surface area (Å²) < 4.78 is 16.8. The Morgan fingerprint density at radius 1 is 1.27 bits per heavy atom. The molecule has 2 heterocycles. The number of aliphatic hydroxyl groups is 1. The highest BCUT2D eigenvalue weighted by molar-refractivity contribution is 5.51. The van der Waals surface area contributed by atoms with Crippen molar-refractivity contribution in [1.82, 2.24) is 4.90 Å². The predicted octanol–water partition coefficient (Wildman–Crippen LogP) is 1.96. The van der Waals surface area contributed by atoms with E-state index in [0.717, 1.165) is 61.6 Å². The molecule has 2 aliphatic heterocycles. The highest BCUT2D eigenvalue weighted by Crippen LogP contribution is 2.46. The summed E-state index contributed by atoms with van der Waals surface area (Å²) >= 11 is 0. The third kappa shape index (κ3) is 2.42. The van der Waals surface area contributed by atoms with E-state index in [1.54, 1.807) is 7.11 Å². The van der Waals surface area contributed by atoms with Gasteiger partial charge in [-0.15, -0.1) is 0 Å². The summed E-state index contributed by atoms with van der Waals surface area (Å²) in [5.74, 6) is 2.38. The molecule has 1 saturated heterocycles. The minimum absolute atomic E-state index is 0.283. The van der Waals surface area contributed by atoms with Gasteiger partial charge in [0.1, 0.15) is 19.0 Å². The molecule has 5 nitrogen and oxygen atoms in total. The van der Waals surface area contributed by atoms with Gasteiger partial charge in [0, 0.05) is 24.2 Å². The van der Waals surface area contributed by atoms with Gasteiger partial charge >= 0.3 is 0 Å². The van der Waals surface area contributed by atoms with Crippen LogP contribution in [-0.4, -0.2) is 48.5 Å². The van der Waals surface area contributed by atoms with Crippen molar-refractivity contribution in [3.05, 3.63) is 17.7 Å². The molecule has 1 saturated carbocycles. The molecule has 2 fully saturated rings. The lowest BCUT2D eigenvalue weighted by Gasteiger charge is -2.29. The molecule has 0 radical (unpaired) electrons. The smallest absolute Gasteiger partial charge is 0.165 e. The second-order valence-electron chi connectivity index (χ2n) is 6.54. The first kappa shape index (κ1) is 14.2. The molecular weight excluding hydrogens is 282 g/mol. The summed E-state index contributed by atoms with van der Waals surface area (Å²) in [5.41, 5.74) is 0.653. The van der Waals surface area contributed by atoms with Gasteiger partial charge in [0.15, 0.2) is 11.5 Å². The number of benzene rings is 1. The van der Waals surface area contributed by atoms with Gasteiger partial charge in [-0.3, -0.25) is 4.90 Å². The van der Waals surface area contributed by atoms with Crippen molar-refractivity contribution in [1.29, 1.82) is 0 Å². The Balaban J connectivity index is 1.59. The minimum Gasteiger partial charge on any atom is -0.496 e. The molecule has 4 rings (SSSR count). The van der Waals surface area contributed by atoms with Gasteiger partial charge in [-0.2, -0.15) is 0 Å². The fraction of sp³-hybridized carbons (Fsp3) is 0.647. The average Bonchev–Trinajstić information content (AvgIpc) is 3.10. The van der Waals surface area contributed by atoms with Gasteiger partial charge in [0.05, 0.1) is 12.7 Å². The first-order chi connectivity index (χ1) is 10.7. The van der Waals surface area contributed by atoms with Crippen LogP contribution in [0.25, 0.3) is 0 Å². The highest BCUT2D eigenvalue weighted by atomic mass is 16.6. The Morgan fingerprint density at radius 3 is 2.68 bits per heavy atom. The molecule has 0 aromatic heterocycles. The number of nitrogens with zero attached hydrogens (tertiary/aromatic N) is 1. The predicted molar refractivity (Wildman–Crippen MR) is 81.6 cm³/mol. The van der Waals surface area contributed by atoms with E-state index in [-0.39, 0.29) is 6.04 Å². The van der Waals surface area contributed by atoms with E-state index in [0.29, 0.717) is 13.2 Å². The molecule has 1 N–H and O–H groups in total. The number of hydrogen-bond donors (Lipinski definition) is 1. The first-order valence-electron chi connectivity index (χ1n) is 8.12. The van der Waals surface area contributed by atoms with Crippen molar-refractivity contribution < 1.29 is 19.3 Å². The molecule has 3 aliphatic rings. The highest BCUT2D eigenvalue weighted by Gasteiger charge is 2.51. The Hall–Kier alpha value is -1.46. The lowest BCUT2D eigenvalue weighted by atomic mass is 10.1. The number of fused-ring (bicyclic) bond motifs is 1. The zero-order valence-electron chi connectivity index (χ0n) is 13.0. The average molecular weight is 305 g/mol. The van der Waals surface area contributed by atoms with Crippen LogP contribution in [0.4, 0.5) is 0 Å². The van der Waals surface area contributed by atoms with Crippen LogP contribution >= 0.6 is 0 Å². The maximum atomic E-state index is 10.5. The van der Waals surface area contributed by atoms with Crippen LogP contribution in [0.1, 0.15) is 31.2 Å². The van der Waals surface area contributed by atoms with Gasteiger partial charge in [-0.1, -0.05) is 0 Å². The molecule has 0 amide bonds. The lowest BCUT2D eigenvalue weighted by Crippen LogP contribution is -2.40. The monoisotopic (exact) mass is 305 g/mol. The van der Waals surface area contributed by atoms with Crippen LogP contribution in [0.2, 0.25) is 0 Å². The van der Waals surface area contributed by atoms with Crippen molar-refractivity contribution in [3.8, 4) is 17.2 Å². The summed E-state index contributed by atoms with van der Waals surface area (Å²) in [6.45, 7) is 2.99. The summed E-state index contributed by atoms with van der Waals surface area (Å²) in [5, 5.41) is 10.5. The second kappa shape index (κ2) is 5.32. The second-order valence-corrected chi connectivity index (χ2v) is 6.54. The summed E-state index contributed by atoms with van der Waals surface area (Å²) in [6, 6.07) is 4.23. The maximum absolute atomic E-state index is 10.5. The van der Waals surface area contributed by atoms with Crippen molar-refractivity contribution >= 4 is 0 Å². The summed E-state index contributed by atoms with van der Waals surface area (Å²) in [6.07, 6.45) is 4.11. The van der Waals surface area contributed by atoms with E-state index in [1.165, 1.54) is 0 Å². The van der Waals surface area contributed by atoms with Crippen molar-refractivity contribution in [2.75, 3.05) is 26.9 Å². The molecule has 5 heteroatoms. The SMILES string of the molecule is COc1cc2c(cc1CN1CCCC1C1(O)CC1)OCCO2. The number of rotatable bonds is 4. The van der Waals surface area contributed by atoms with E-state index >= 15 is 0 Å². The van der Waals surface area contributed by atoms with Crippen LogP contribution in [0.15, 0.2) is 12.1 Å². The lowest BCUT2D eigenvalue weighted by molar-refractivity contribution is 0.0477. The van der Waals surface area contributed by atoms with E-state index in [2.05, 4.69) is 4.90 Å².